The van der Waals surface area contributed by atoms with Crippen LogP contribution in [0.4, 0.5) is 16.0 Å². The van der Waals surface area contributed by atoms with Gasteiger partial charge < -0.3 is 15.6 Å². The first kappa shape index (κ1) is 16.7. The van der Waals surface area contributed by atoms with Crippen molar-refractivity contribution in [2.45, 2.75) is 25.3 Å². The fourth-order valence-corrected chi connectivity index (χ4v) is 3.54. The molecule has 0 radical (unpaired) electrons. The van der Waals surface area contributed by atoms with E-state index in [0.717, 1.165) is 29.7 Å². The van der Waals surface area contributed by atoms with E-state index in [1.165, 1.54) is 12.4 Å². The van der Waals surface area contributed by atoms with Crippen LogP contribution in [-0.4, -0.2) is 26.1 Å². The van der Waals surface area contributed by atoms with Gasteiger partial charge in [0.2, 0.25) is 0 Å². The number of nitrogens with zero attached hydrogens (tertiary/aromatic N) is 5. The highest BCUT2D eigenvalue weighted by Gasteiger charge is 2.29. The van der Waals surface area contributed by atoms with Crippen LogP contribution < -0.4 is 11.1 Å². The summed E-state index contributed by atoms with van der Waals surface area (Å²) in [5, 5.41) is 12.3. The fourth-order valence-electron chi connectivity index (χ4n) is 3.01. The van der Waals surface area contributed by atoms with Crippen LogP contribution in [0.2, 0.25) is 0 Å². The fraction of sp³-hybridized carbons (Fsp3) is 0.294. The van der Waals surface area contributed by atoms with E-state index < -0.39 is 0 Å². The molecule has 132 valence electrons. The Morgan fingerprint density at radius 2 is 2.19 bits per heavy atom. The van der Waals surface area contributed by atoms with Gasteiger partial charge in [-0.25, -0.2) is 19.3 Å². The molecule has 1 aromatic carbocycles. The lowest BCUT2D eigenvalue weighted by Gasteiger charge is -2.10. The summed E-state index contributed by atoms with van der Waals surface area (Å²) >= 11 is 3.35. The number of nitrogen functional groups attached to an aromatic ring is 1. The maximum atomic E-state index is 14.0. The van der Waals surface area contributed by atoms with Crippen LogP contribution in [0.25, 0.3) is 11.0 Å². The van der Waals surface area contributed by atoms with Gasteiger partial charge in [0.05, 0.1) is 15.5 Å². The van der Waals surface area contributed by atoms with Gasteiger partial charge in [-0.15, -0.1) is 0 Å². The third kappa shape index (κ3) is 2.86. The third-order valence-corrected chi connectivity index (χ3v) is 5.11. The Bertz CT molecular complexity index is 1040. The summed E-state index contributed by atoms with van der Waals surface area (Å²) in [6, 6.07) is 5.48. The zero-order chi connectivity index (χ0) is 18.3. The molecule has 4 rings (SSSR count). The number of hydrogen-bond donors (Lipinski definition) is 2. The number of nitrogens with one attached hydrogen (secondary N) is 1. The maximum absolute atomic E-state index is 14.0. The molecule has 2 aromatic heterocycles. The van der Waals surface area contributed by atoms with Crippen molar-refractivity contribution in [3.8, 4) is 6.07 Å². The largest absolute Gasteiger partial charge is 0.382 e. The number of fused-ring (bicyclic) bond motifs is 1. The number of rotatable bonds is 5. The van der Waals surface area contributed by atoms with Gasteiger partial charge in [-0.3, -0.25) is 0 Å². The van der Waals surface area contributed by atoms with Crippen LogP contribution in [0.15, 0.2) is 22.9 Å². The van der Waals surface area contributed by atoms with Gasteiger partial charge in [0.25, 0.3) is 0 Å². The zero-order valence-corrected chi connectivity index (χ0v) is 15.3. The number of imidazole rings is 1. The molecule has 1 saturated carbocycles. The number of halogens is 2. The molecule has 0 unspecified atom stereocenters. The molecule has 0 spiro atoms. The second kappa shape index (κ2) is 6.53. The minimum atomic E-state index is -0.293. The minimum absolute atomic E-state index is 0.148. The predicted molar refractivity (Wildman–Crippen MR) is 99.0 cm³/mol. The Hall–Kier alpha value is -2.73. The summed E-state index contributed by atoms with van der Waals surface area (Å²) in [4.78, 5) is 12.6. The second-order valence-electron chi connectivity index (χ2n) is 6.13. The van der Waals surface area contributed by atoms with E-state index in [9.17, 15) is 9.65 Å². The molecule has 0 aliphatic heterocycles. The van der Waals surface area contributed by atoms with Crippen molar-refractivity contribution in [1.82, 2.24) is 19.5 Å². The lowest BCUT2D eigenvalue weighted by molar-refractivity contribution is 0.620. The summed E-state index contributed by atoms with van der Waals surface area (Å²) in [6.45, 7) is 0.515. The van der Waals surface area contributed by atoms with Gasteiger partial charge >= 0.3 is 0 Å². The van der Waals surface area contributed by atoms with Crippen molar-refractivity contribution < 1.29 is 4.39 Å². The highest BCUT2D eigenvalue weighted by Crippen LogP contribution is 2.41. The lowest BCUT2D eigenvalue weighted by atomic mass is 10.3. The van der Waals surface area contributed by atoms with Gasteiger partial charge in [-0.2, -0.15) is 5.26 Å². The standard InChI is InChI=1S/C17H15BrFN7/c18-14-11(19)3-4-12-15(14)26(9-1-2-9)13(25-12)5-6-22-17-10(7-20)16(21)23-8-24-17/h3-4,8-9H,1-2,5-6H2,(H3,21,22,23,24). The number of hydrogen-bond acceptors (Lipinski definition) is 6. The summed E-state index contributed by atoms with van der Waals surface area (Å²) in [5.74, 6) is 1.14. The molecule has 1 aliphatic rings. The van der Waals surface area contributed by atoms with Gasteiger partial charge in [-0.1, -0.05) is 0 Å². The Morgan fingerprint density at radius 3 is 2.92 bits per heavy atom. The average Bonchev–Trinajstić information content (AvgIpc) is 3.40. The average molecular weight is 416 g/mol. The van der Waals surface area contributed by atoms with Crippen LogP contribution in [0, 0.1) is 17.1 Å². The molecule has 0 bridgehead atoms. The summed E-state index contributed by atoms with van der Waals surface area (Å²) < 4.78 is 16.5. The van der Waals surface area contributed by atoms with Gasteiger partial charge in [0.15, 0.2) is 0 Å². The second-order valence-corrected chi connectivity index (χ2v) is 6.92. The van der Waals surface area contributed by atoms with Crippen molar-refractivity contribution in [3.05, 3.63) is 40.1 Å². The lowest BCUT2D eigenvalue weighted by Crippen LogP contribution is -2.12. The molecule has 2 heterocycles. The van der Waals surface area contributed by atoms with Crippen LogP contribution >= 0.6 is 15.9 Å². The molecule has 7 nitrogen and oxygen atoms in total. The van der Waals surface area contributed by atoms with E-state index in [-0.39, 0.29) is 17.2 Å². The third-order valence-electron chi connectivity index (χ3n) is 4.36. The molecule has 0 atom stereocenters. The number of aromatic nitrogens is 4. The summed E-state index contributed by atoms with van der Waals surface area (Å²) in [5.41, 5.74) is 7.49. The SMILES string of the molecule is N#Cc1c(N)ncnc1NCCc1nc2ccc(F)c(Br)c2n1C1CC1. The van der Waals surface area contributed by atoms with Crippen molar-refractivity contribution in [3.63, 3.8) is 0 Å². The van der Waals surface area contributed by atoms with Gasteiger partial charge in [0.1, 0.15) is 41.2 Å². The van der Waals surface area contributed by atoms with E-state index in [2.05, 4.69) is 40.8 Å². The molecule has 1 aliphatic carbocycles. The first-order chi connectivity index (χ1) is 12.6. The highest BCUT2D eigenvalue weighted by atomic mass is 79.9. The molecule has 9 heteroatoms. The van der Waals surface area contributed by atoms with Crippen LogP contribution in [0.1, 0.15) is 30.3 Å². The van der Waals surface area contributed by atoms with Gasteiger partial charge in [0, 0.05) is 19.0 Å². The molecule has 0 amide bonds. The number of nitriles is 1. The van der Waals surface area contributed by atoms with E-state index in [1.54, 1.807) is 6.07 Å². The van der Waals surface area contributed by atoms with Crippen molar-refractivity contribution >= 4 is 38.6 Å². The van der Waals surface area contributed by atoms with E-state index in [0.29, 0.717) is 29.3 Å². The summed E-state index contributed by atoms with van der Waals surface area (Å²) in [7, 11) is 0. The first-order valence-electron chi connectivity index (χ1n) is 8.19. The molecule has 1 fully saturated rings. The van der Waals surface area contributed by atoms with Crippen LogP contribution in [0.3, 0.4) is 0 Å². The Balaban J connectivity index is 1.61. The first-order valence-corrected chi connectivity index (χ1v) is 8.98. The highest BCUT2D eigenvalue weighted by molar-refractivity contribution is 9.10. The van der Waals surface area contributed by atoms with Crippen LogP contribution in [-0.2, 0) is 6.42 Å². The zero-order valence-electron chi connectivity index (χ0n) is 13.7. The maximum Gasteiger partial charge on any atom is 0.149 e. The van der Waals surface area contributed by atoms with Crippen molar-refractivity contribution in [2.24, 2.45) is 0 Å². The van der Waals surface area contributed by atoms with E-state index in [4.69, 9.17) is 5.73 Å². The Kier molecular flexibility index (Phi) is 4.20. The normalized spacial score (nSPS) is 13.7. The smallest absolute Gasteiger partial charge is 0.149 e. The van der Waals surface area contributed by atoms with Crippen molar-refractivity contribution in [2.75, 3.05) is 17.6 Å². The van der Waals surface area contributed by atoms with Gasteiger partial charge in [-0.05, 0) is 40.9 Å². The topological polar surface area (TPSA) is 105 Å². The number of anilines is 2. The number of benzene rings is 1. The van der Waals surface area contributed by atoms with Crippen LogP contribution in [0.5, 0.6) is 0 Å². The quantitative estimate of drug-likeness (QED) is 0.662. The molecule has 0 saturated heterocycles. The molecule has 3 N–H and O–H groups in total. The molecular weight excluding hydrogens is 401 g/mol. The Morgan fingerprint density at radius 1 is 1.38 bits per heavy atom. The Labute approximate surface area is 157 Å². The van der Waals surface area contributed by atoms with Crippen molar-refractivity contribution in [1.29, 1.82) is 5.26 Å². The monoisotopic (exact) mass is 415 g/mol. The predicted octanol–water partition coefficient (Wildman–Crippen LogP) is 3.17. The molecule has 3 aromatic rings. The van der Waals surface area contributed by atoms with E-state index in [1.807, 2.05) is 6.07 Å². The molecule has 26 heavy (non-hydrogen) atoms. The summed E-state index contributed by atoms with van der Waals surface area (Å²) in [6.07, 6.45) is 4.05. The minimum Gasteiger partial charge on any atom is -0.382 e. The number of nitrogens with two attached hydrogens (primary N) is 1. The van der Waals surface area contributed by atoms with E-state index >= 15 is 0 Å². The molecular formula is C17H15BrFN7.